The Balaban J connectivity index is 0.811. The normalized spacial score (nSPS) is 19.9. The first-order valence-electron chi connectivity index (χ1n) is 24.1. The zero-order valence-corrected chi connectivity index (χ0v) is 40.5. The van der Waals surface area contributed by atoms with E-state index < -0.39 is 42.0 Å². The van der Waals surface area contributed by atoms with Crippen LogP contribution in [0.4, 0.5) is 13.2 Å². The van der Waals surface area contributed by atoms with Crippen molar-refractivity contribution in [3.63, 3.8) is 0 Å². The van der Waals surface area contributed by atoms with Crippen LogP contribution in [0.5, 0.6) is 0 Å². The summed E-state index contributed by atoms with van der Waals surface area (Å²) in [5.74, 6) is 5.63. The Bertz CT molecular complexity index is 2780. The Morgan fingerprint density at radius 2 is 1.69 bits per heavy atom. The average molecular weight is 979 g/mol. The minimum Gasteiger partial charge on any atom is -0.391 e. The van der Waals surface area contributed by atoms with Crippen molar-refractivity contribution in [2.24, 2.45) is 16.9 Å². The first-order valence-corrected chi connectivity index (χ1v) is 24.8. The SMILES string of the molecule is Cc1cc([C@H](C(=O)N2C[C@H](O)C[C@H]2C(=O)NC(CC(=O)N2CCC(C#Cc3ccc(C4CCN(C5=Nn6c(nnc6C(F)(F)F)CC5)CC4)cc3)CC2)c2ccc(-c3sncc3C)cc2)C(C)C)on1. The van der Waals surface area contributed by atoms with E-state index in [2.05, 4.69) is 59.0 Å². The number of amides is 3. The fourth-order valence-electron chi connectivity index (χ4n) is 10.1. The van der Waals surface area contributed by atoms with E-state index in [9.17, 15) is 32.7 Å². The number of halogens is 3. The van der Waals surface area contributed by atoms with Crippen LogP contribution in [0.25, 0.3) is 10.4 Å². The van der Waals surface area contributed by atoms with Gasteiger partial charge in [0, 0.05) is 75.7 Å². The van der Waals surface area contributed by atoms with Gasteiger partial charge in [0.1, 0.15) is 23.6 Å². The number of aliphatic hydroxyl groups excluding tert-OH is 1. The van der Waals surface area contributed by atoms with Crippen molar-refractivity contribution in [2.75, 3.05) is 32.7 Å². The van der Waals surface area contributed by atoms with Crippen molar-refractivity contribution in [1.82, 2.24) is 44.4 Å². The van der Waals surface area contributed by atoms with Gasteiger partial charge in [-0.15, -0.1) is 10.2 Å². The number of rotatable bonds is 10. The van der Waals surface area contributed by atoms with Gasteiger partial charge in [0.25, 0.3) is 5.82 Å². The Kier molecular flexibility index (Phi) is 14.3. The number of carbonyl (C=O) groups excluding carboxylic acids is 3. The molecule has 3 aromatic heterocycles. The van der Waals surface area contributed by atoms with Gasteiger partial charge in [-0.2, -0.15) is 22.9 Å². The molecule has 2 aromatic carbocycles. The highest BCUT2D eigenvalue weighted by atomic mass is 32.1. The maximum Gasteiger partial charge on any atom is 0.453 e. The zero-order valence-electron chi connectivity index (χ0n) is 39.7. The summed E-state index contributed by atoms with van der Waals surface area (Å²) < 4.78 is 51.0. The first-order chi connectivity index (χ1) is 33.6. The lowest BCUT2D eigenvalue weighted by molar-refractivity contribution is -0.147. The molecule has 4 atom stereocenters. The van der Waals surface area contributed by atoms with Crippen LogP contribution in [0.2, 0.25) is 0 Å². The van der Waals surface area contributed by atoms with Gasteiger partial charge in [-0.25, -0.2) is 4.37 Å². The van der Waals surface area contributed by atoms with Gasteiger partial charge in [0.05, 0.1) is 29.1 Å². The third-order valence-electron chi connectivity index (χ3n) is 14.0. The topological polar surface area (TPSA) is 175 Å². The summed E-state index contributed by atoms with van der Waals surface area (Å²) in [5, 5.41) is 29.2. The van der Waals surface area contributed by atoms with Gasteiger partial charge < -0.3 is 29.6 Å². The van der Waals surface area contributed by atoms with Crippen molar-refractivity contribution >= 4 is 35.1 Å². The van der Waals surface area contributed by atoms with Gasteiger partial charge in [-0.1, -0.05) is 67.2 Å². The third kappa shape index (κ3) is 10.7. The number of likely N-dealkylation sites (tertiary alicyclic amines) is 3. The second-order valence-electron chi connectivity index (χ2n) is 19.3. The lowest BCUT2D eigenvalue weighted by Gasteiger charge is -2.35. The summed E-state index contributed by atoms with van der Waals surface area (Å²) in [6.07, 6.45) is 0.361. The van der Waals surface area contributed by atoms with Gasteiger partial charge in [-0.05, 0) is 97.3 Å². The van der Waals surface area contributed by atoms with E-state index in [-0.39, 0.29) is 48.9 Å². The molecule has 9 rings (SSSR count). The number of aliphatic hydroxyl groups is 1. The number of aryl methyl sites for hydroxylation is 3. The molecule has 3 fully saturated rings. The highest BCUT2D eigenvalue weighted by Crippen LogP contribution is 2.35. The fourth-order valence-corrected chi connectivity index (χ4v) is 10.9. The number of nitrogens with one attached hydrogen (secondary N) is 1. The molecule has 15 nitrogen and oxygen atoms in total. The molecule has 0 aliphatic carbocycles. The lowest BCUT2D eigenvalue weighted by atomic mass is 9.88. The highest BCUT2D eigenvalue weighted by molar-refractivity contribution is 7.09. The molecule has 4 aliphatic heterocycles. The summed E-state index contributed by atoms with van der Waals surface area (Å²) in [6, 6.07) is 16.1. The molecule has 19 heteroatoms. The van der Waals surface area contributed by atoms with Crippen molar-refractivity contribution in [2.45, 2.75) is 115 Å². The van der Waals surface area contributed by atoms with Gasteiger partial charge in [0.2, 0.25) is 17.7 Å². The summed E-state index contributed by atoms with van der Waals surface area (Å²) in [4.78, 5) is 48.9. The maximum atomic E-state index is 14.3. The van der Waals surface area contributed by atoms with Crippen LogP contribution in [0.3, 0.4) is 0 Å². The number of amidine groups is 1. The molecule has 70 heavy (non-hydrogen) atoms. The van der Waals surface area contributed by atoms with Crippen molar-refractivity contribution < 1.29 is 37.2 Å². The van der Waals surface area contributed by atoms with E-state index >= 15 is 0 Å². The Morgan fingerprint density at radius 1 is 0.957 bits per heavy atom. The Morgan fingerprint density at radius 3 is 2.33 bits per heavy atom. The van der Waals surface area contributed by atoms with Crippen molar-refractivity contribution in [3.8, 4) is 22.3 Å². The van der Waals surface area contributed by atoms with E-state index in [0.717, 1.165) is 44.6 Å². The second-order valence-corrected chi connectivity index (χ2v) is 20.1. The molecule has 1 unspecified atom stereocenters. The number of β-amino-alcohol motifs (C(OH)–C–C–N with tert-alkyl or cyclic N) is 1. The van der Waals surface area contributed by atoms with Crippen LogP contribution in [0.1, 0.15) is 122 Å². The standard InChI is InChI=1S/C51H57F3N10O5S/c1-30(2)46(42-25-32(4)60-69-42)49(68)63-29-39(65)26-41(63)48(67)56-40(37-11-13-38(14-12-37)47-31(3)28-55-70-47)27-45(66)62-21-17-34(18-22-62)6-5-33-7-9-35(10-8-33)36-19-23-61(24-20-36)44-16-15-43-57-58-50(51(52,53)54)64(43)59-44/h7-14,25,28,30,34,36,39-41,46,65H,15-24,26-27,29H2,1-4H3,(H,56,67)/t39-,40?,41+,46-/m1/s1. The monoisotopic (exact) mass is 978 g/mol. The van der Waals surface area contributed by atoms with E-state index in [1.165, 1.54) is 22.0 Å². The Labute approximate surface area is 408 Å². The predicted octanol–water partition coefficient (Wildman–Crippen LogP) is 7.25. The highest BCUT2D eigenvalue weighted by Gasteiger charge is 2.44. The summed E-state index contributed by atoms with van der Waals surface area (Å²) in [7, 11) is 0. The molecule has 3 saturated heterocycles. The summed E-state index contributed by atoms with van der Waals surface area (Å²) >= 11 is 1.40. The molecule has 368 valence electrons. The summed E-state index contributed by atoms with van der Waals surface area (Å²) in [5.41, 5.74) is 5.52. The van der Waals surface area contributed by atoms with E-state index in [4.69, 9.17) is 4.52 Å². The summed E-state index contributed by atoms with van der Waals surface area (Å²) in [6.45, 7) is 10.0. The number of nitrogens with zero attached hydrogens (tertiary/aromatic N) is 9. The fraction of sp³-hybridized carbons (Fsp3) is 0.490. The molecule has 0 bridgehead atoms. The maximum absolute atomic E-state index is 14.3. The number of hydrogen-bond acceptors (Lipinski definition) is 12. The van der Waals surface area contributed by atoms with Crippen molar-refractivity contribution in [1.29, 1.82) is 0 Å². The average Bonchev–Trinajstić information content (AvgIpc) is 4.18. The number of piperidine rings is 2. The molecule has 3 amide bonds. The number of hydrogen-bond donors (Lipinski definition) is 2. The smallest absolute Gasteiger partial charge is 0.391 e. The minimum absolute atomic E-state index is 0.00277. The first kappa shape index (κ1) is 48.6. The van der Waals surface area contributed by atoms with E-state index in [1.54, 1.807) is 13.0 Å². The zero-order chi connectivity index (χ0) is 49.3. The van der Waals surface area contributed by atoms with E-state index in [1.807, 2.05) is 68.3 Å². The molecule has 0 spiro atoms. The number of carbonyl (C=O) groups is 3. The molecular formula is C51H57F3N10O5S. The second kappa shape index (κ2) is 20.5. The van der Waals surface area contributed by atoms with Crippen LogP contribution >= 0.6 is 11.5 Å². The number of aromatic nitrogens is 5. The number of fused-ring (bicyclic) bond motifs is 1. The third-order valence-corrected chi connectivity index (χ3v) is 15.0. The molecule has 7 heterocycles. The lowest BCUT2D eigenvalue weighted by Crippen LogP contribution is -2.49. The molecule has 2 N–H and O–H groups in total. The van der Waals surface area contributed by atoms with Gasteiger partial charge in [-0.3, -0.25) is 14.4 Å². The molecular weight excluding hydrogens is 922 g/mol. The number of alkyl halides is 3. The van der Waals surface area contributed by atoms with Crippen LogP contribution in [-0.2, 0) is 27.0 Å². The van der Waals surface area contributed by atoms with Crippen LogP contribution in [0, 0.1) is 37.5 Å². The van der Waals surface area contributed by atoms with E-state index in [0.29, 0.717) is 75.1 Å². The largest absolute Gasteiger partial charge is 0.453 e. The molecule has 0 radical (unpaired) electrons. The van der Waals surface area contributed by atoms with Gasteiger partial charge >= 0.3 is 6.18 Å². The van der Waals surface area contributed by atoms with Crippen LogP contribution in [0.15, 0.2) is 70.4 Å². The van der Waals surface area contributed by atoms with Crippen LogP contribution in [-0.4, -0.2) is 113 Å². The number of benzene rings is 2. The molecule has 4 aliphatic rings. The Hall–Kier alpha value is -6.39. The van der Waals surface area contributed by atoms with Gasteiger partial charge in [0.15, 0.2) is 5.82 Å². The quantitative estimate of drug-likeness (QED) is 0.136. The minimum atomic E-state index is -4.62. The molecule has 5 aromatic rings. The molecule has 0 saturated carbocycles. The predicted molar refractivity (Wildman–Crippen MR) is 255 cm³/mol. The van der Waals surface area contributed by atoms with Crippen molar-refractivity contribution in [3.05, 3.63) is 106 Å². The van der Waals surface area contributed by atoms with Crippen LogP contribution < -0.4 is 5.32 Å².